The Labute approximate surface area is 110 Å². The molecule has 1 aromatic heterocycles. The van der Waals surface area contributed by atoms with Gasteiger partial charge in [-0.25, -0.2) is 9.48 Å². The summed E-state index contributed by atoms with van der Waals surface area (Å²) in [5.74, 6) is -0.960. The van der Waals surface area contributed by atoms with Crippen LogP contribution < -0.4 is 0 Å². The van der Waals surface area contributed by atoms with Crippen molar-refractivity contribution >= 4 is 17.0 Å². The van der Waals surface area contributed by atoms with Gasteiger partial charge in [0.05, 0.1) is 18.2 Å². The van der Waals surface area contributed by atoms with Crippen molar-refractivity contribution in [1.82, 2.24) is 15.0 Å². The first-order valence-corrected chi connectivity index (χ1v) is 6.43. The number of hydrogen-bond acceptors (Lipinski definition) is 4. The van der Waals surface area contributed by atoms with E-state index in [0.29, 0.717) is 17.6 Å². The Kier molecular flexibility index (Phi) is 3.16. The molecule has 6 nitrogen and oxygen atoms in total. The van der Waals surface area contributed by atoms with Gasteiger partial charge in [-0.2, -0.15) is 0 Å². The maximum Gasteiger partial charge on any atom is 0.337 e. The third-order valence-corrected chi connectivity index (χ3v) is 3.41. The lowest BCUT2D eigenvalue weighted by Crippen LogP contribution is -2.25. The SMILES string of the molecule is O=C(O)c1cccc2nnn(CC3CCCCO3)c12. The Morgan fingerprint density at radius 1 is 1.47 bits per heavy atom. The largest absolute Gasteiger partial charge is 0.478 e. The zero-order valence-electron chi connectivity index (χ0n) is 10.5. The second kappa shape index (κ2) is 4.97. The minimum atomic E-state index is -0.960. The van der Waals surface area contributed by atoms with E-state index in [-0.39, 0.29) is 11.7 Å². The van der Waals surface area contributed by atoms with Crippen LogP contribution in [0.1, 0.15) is 29.6 Å². The van der Waals surface area contributed by atoms with E-state index < -0.39 is 5.97 Å². The molecule has 0 amide bonds. The summed E-state index contributed by atoms with van der Waals surface area (Å²) in [6.07, 6.45) is 3.31. The first-order valence-electron chi connectivity index (χ1n) is 6.43. The van der Waals surface area contributed by atoms with E-state index >= 15 is 0 Å². The summed E-state index contributed by atoms with van der Waals surface area (Å²) >= 11 is 0. The number of benzene rings is 1. The van der Waals surface area contributed by atoms with E-state index in [9.17, 15) is 9.90 Å². The predicted molar refractivity (Wildman–Crippen MR) is 68.1 cm³/mol. The number of fused-ring (bicyclic) bond motifs is 1. The molecule has 1 atom stereocenters. The van der Waals surface area contributed by atoms with Gasteiger partial charge in [-0.3, -0.25) is 0 Å². The third kappa shape index (κ3) is 2.31. The predicted octanol–water partition coefficient (Wildman–Crippen LogP) is 1.70. The summed E-state index contributed by atoms with van der Waals surface area (Å²) < 4.78 is 7.31. The Bertz CT molecular complexity index is 602. The number of carbonyl (C=O) groups is 1. The van der Waals surface area contributed by atoms with Crippen LogP contribution in [0, 0.1) is 0 Å². The van der Waals surface area contributed by atoms with E-state index in [2.05, 4.69) is 10.3 Å². The lowest BCUT2D eigenvalue weighted by molar-refractivity contribution is 0.00438. The van der Waals surface area contributed by atoms with Crippen molar-refractivity contribution in [2.45, 2.75) is 31.9 Å². The quantitative estimate of drug-likeness (QED) is 0.909. The molecule has 0 saturated carbocycles. The van der Waals surface area contributed by atoms with E-state index in [0.717, 1.165) is 25.9 Å². The molecule has 0 aliphatic carbocycles. The first kappa shape index (κ1) is 12.1. The number of aromatic nitrogens is 3. The number of hydrogen-bond donors (Lipinski definition) is 1. The monoisotopic (exact) mass is 261 g/mol. The number of rotatable bonds is 3. The zero-order chi connectivity index (χ0) is 13.2. The fourth-order valence-electron chi connectivity index (χ4n) is 2.47. The number of aromatic carboxylic acids is 1. The summed E-state index contributed by atoms with van der Waals surface area (Å²) in [7, 11) is 0. The lowest BCUT2D eigenvalue weighted by Gasteiger charge is -2.22. The van der Waals surface area contributed by atoms with Crippen molar-refractivity contribution in [2.75, 3.05) is 6.61 Å². The van der Waals surface area contributed by atoms with Gasteiger partial charge in [0.2, 0.25) is 0 Å². The van der Waals surface area contributed by atoms with E-state index in [1.807, 2.05) is 0 Å². The van der Waals surface area contributed by atoms with Crippen LogP contribution >= 0.6 is 0 Å². The lowest BCUT2D eigenvalue weighted by atomic mass is 10.1. The molecule has 0 spiro atoms. The van der Waals surface area contributed by atoms with Gasteiger partial charge in [0.1, 0.15) is 11.0 Å². The molecule has 1 N–H and O–H groups in total. The molecule has 0 radical (unpaired) electrons. The van der Waals surface area contributed by atoms with Crippen molar-refractivity contribution in [3.8, 4) is 0 Å². The summed E-state index contributed by atoms with van der Waals surface area (Å²) in [6.45, 7) is 1.32. The normalized spacial score (nSPS) is 19.7. The topological polar surface area (TPSA) is 77.2 Å². The fraction of sp³-hybridized carbons (Fsp3) is 0.462. The van der Waals surface area contributed by atoms with Gasteiger partial charge in [0.15, 0.2) is 0 Å². The van der Waals surface area contributed by atoms with E-state index in [1.54, 1.807) is 22.9 Å². The average molecular weight is 261 g/mol. The highest BCUT2D eigenvalue weighted by atomic mass is 16.5. The Balaban J connectivity index is 1.96. The van der Waals surface area contributed by atoms with Crippen molar-refractivity contribution in [3.05, 3.63) is 23.8 Å². The number of carboxylic acids is 1. The van der Waals surface area contributed by atoms with Crippen LogP contribution in [-0.2, 0) is 11.3 Å². The number of para-hydroxylation sites is 1. The van der Waals surface area contributed by atoms with Gasteiger partial charge in [-0.15, -0.1) is 5.10 Å². The van der Waals surface area contributed by atoms with Crippen LogP contribution in [0.3, 0.4) is 0 Å². The van der Waals surface area contributed by atoms with Gasteiger partial charge in [-0.1, -0.05) is 11.3 Å². The van der Waals surface area contributed by atoms with Crippen LogP contribution in [-0.4, -0.2) is 38.8 Å². The smallest absolute Gasteiger partial charge is 0.337 e. The van der Waals surface area contributed by atoms with Gasteiger partial charge >= 0.3 is 5.97 Å². The van der Waals surface area contributed by atoms with Crippen molar-refractivity contribution in [1.29, 1.82) is 0 Å². The molecule has 1 aromatic carbocycles. The number of ether oxygens (including phenoxy) is 1. The molecular formula is C13H15N3O3. The van der Waals surface area contributed by atoms with E-state index in [1.165, 1.54) is 0 Å². The molecule has 1 saturated heterocycles. The Morgan fingerprint density at radius 3 is 3.11 bits per heavy atom. The molecule has 3 rings (SSSR count). The molecule has 0 bridgehead atoms. The second-order valence-corrected chi connectivity index (χ2v) is 4.74. The number of carboxylic acid groups (broad SMARTS) is 1. The van der Waals surface area contributed by atoms with Crippen molar-refractivity contribution < 1.29 is 14.6 Å². The van der Waals surface area contributed by atoms with Gasteiger partial charge < -0.3 is 9.84 Å². The van der Waals surface area contributed by atoms with Crippen LogP contribution in [0.2, 0.25) is 0 Å². The summed E-state index contributed by atoms with van der Waals surface area (Å²) in [4.78, 5) is 11.3. The minimum Gasteiger partial charge on any atom is -0.478 e. The fourth-order valence-corrected chi connectivity index (χ4v) is 2.47. The molecule has 2 aromatic rings. The van der Waals surface area contributed by atoms with Crippen LogP contribution in [0.25, 0.3) is 11.0 Å². The second-order valence-electron chi connectivity index (χ2n) is 4.74. The molecule has 19 heavy (non-hydrogen) atoms. The standard InChI is InChI=1S/C13H15N3O3/c17-13(18)10-5-3-6-11-12(10)16(15-14-11)8-9-4-1-2-7-19-9/h3,5-6,9H,1-2,4,7-8H2,(H,17,18). The summed E-state index contributed by atoms with van der Waals surface area (Å²) in [5.41, 5.74) is 1.41. The van der Waals surface area contributed by atoms with Crippen molar-refractivity contribution in [2.24, 2.45) is 0 Å². The molecule has 2 heterocycles. The minimum absolute atomic E-state index is 0.0977. The average Bonchev–Trinajstić information content (AvgIpc) is 2.83. The molecule has 100 valence electrons. The molecule has 1 unspecified atom stereocenters. The highest BCUT2D eigenvalue weighted by Gasteiger charge is 2.19. The molecule has 6 heteroatoms. The first-order chi connectivity index (χ1) is 9.25. The van der Waals surface area contributed by atoms with Crippen LogP contribution in [0.5, 0.6) is 0 Å². The maximum atomic E-state index is 11.3. The highest BCUT2D eigenvalue weighted by Crippen LogP contribution is 2.20. The van der Waals surface area contributed by atoms with Gasteiger partial charge in [-0.05, 0) is 31.4 Å². The molecule has 1 aliphatic heterocycles. The Hall–Kier alpha value is -1.95. The van der Waals surface area contributed by atoms with Crippen LogP contribution in [0.15, 0.2) is 18.2 Å². The third-order valence-electron chi connectivity index (χ3n) is 3.41. The molecular weight excluding hydrogens is 246 g/mol. The van der Waals surface area contributed by atoms with Gasteiger partial charge in [0, 0.05) is 6.61 Å². The van der Waals surface area contributed by atoms with E-state index in [4.69, 9.17) is 4.74 Å². The summed E-state index contributed by atoms with van der Waals surface area (Å²) in [6, 6.07) is 5.03. The molecule has 1 fully saturated rings. The summed E-state index contributed by atoms with van der Waals surface area (Å²) in [5, 5.41) is 17.3. The van der Waals surface area contributed by atoms with Crippen LogP contribution in [0.4, 0.5) is 0 Å². The number of nitrogens with zero attached hydrogens (tertiary/aromatic N) is 3. The molecule has 1 aliphatic rings. The van der Waals surface area contributed by atoms with Gasteiger partial charge in [0.25, 0.3) is 0 Å². The maximum absolute atomic E-state index is 11.3. The zero-order valence-corrected chi connectivity index (χ0v) is 10.5. The Morgan fingerprint density at radius 2 is 2.37 bits per heavy atom. The highest BCUT2D eigenvalue weighted by molar-refractivity contribution is 6.00. The van der Waals surface area contributed by atoms with Crippen molar-refractivity contribution in [3.63, 3.8) is 0 Å².